The average Bonchev–Trinajstić information content (AvgIpc) is 2.93. The molecular formula is C16H16N2. The second-order valence-electron chi connectivity index (χ2n) is 5.62. The van der Waals surface area contributed by atoms with Crippen molar-refractivity contribution in [2.75, 3.05) is 0 Å². The van der Waals surface area contributed by atoms with Gasteiger partial charge in [0.15, 0.2) is 0 Å². The third-order valence-electron chi connectivity index (χ3n) is 4.36. The lowest BCUT2D eigenvalue weighted by Crippen LogP contribution is -2.04. The van der Waals surface area contributed by atoms with Crippen LogP contribution in [-0.4, -0.2) is 9.97 Å². The first-order valence-electron chi connectivity index (χ1n) is 6.69. The van der Waals surface area contributed by atoms with Crippen molar-refractivity contribution in [1.29, 1.82) is 0 Å². The van der Waals surface area contributed by atoms with Crippen LogP contribution in [0.2, 0.25) is 0 Å². The molecule has 18 heavy (non-hydrogen) atoms. The lowest BCUT2D eigenvalue weighted by molar-refractivity contribution is 0.685. The molecule has 0 radical (unpaired) electrons. The van der Waals surface area contributed by atoms with E-state index in [1.54, 1.807) is 5.57 Å². The van der Waals surface area contributed by atoms with Crippen LogP contribution in [0.5, 0.6) is 0 Å². The summed E-state index contributed by atoms with van der Waals surface area (Å²) in [6.45, 7) is 4.46. The molecule has 1 saturated carbocycles. The van der Waals surface area contributed by atoms with Crippen molar-refractivity contribution in [2.45, 2.75) is 38.5 Å². The van der Waals surface area contributed by atoms with Crippen molar-refractivity contribution in [3.8, 4) is 0 Å². The van der Waals surface area contributed by atoms with Crippen molar-refractivity contribution < 1.29 is 0 Å². The Hall–Kier alpha value is -1.70. The van der Waals surface area contributed by atoms with E-state index in [1.807, 2.05) is 12.1 Å². The van der Waals surface area contributed by atoms with Crippen LogP contribution in [0.3, 0.4) is 0 Å². The van der Waals surface area contributed by atoms with Crippen LogP contribution in [0.25, 0.3) is 11.0 Å². The molecule has 90 valence electrons. The number of hydrogen-bond donors (Lipinski definition) is 0. The molecule has 2 aliphatic rings. The van der Waals surface area contributed by atoms with E-state index in [1.165, 1.54) is 29.8 Å². The summed E-state index contributed by atoms with van der Waals surface area (Å²) in [7, 11) is 0. The molecule has 2 aliphatic carbocycles. The highest BCUT2D eigenvalue weighted by atomic mass is 14.9. The smallest absolute Gasteiger partial charge is 0.0890 e. The van der Waals surface area contributed by atoms with Gasteiger partial charge in [-0.15, -0.1) is 0 Å². The lowest BCUT2D eigenvalue weighted by Gasteiger charge is -2.12. The number of aromatic nitrogens is 2. The van der Waals surface area contributed by atoms with Gasteiger partial charge in [0.05, 0.1) is 22.4 Å². The van der Waals surface area contributed by atoms with Gasteiger partial charge in [0.1, 0.15) is 0 Å². The number of benzene rings is 1. The Morgan fingerprint density at radius 2 is 1.44 bits per heavy atom. The standard InChI is InChI=1S/C16H16N2/c1-9(2)14-10-7-8-11(14)16-15(10)17-12-5-3-4-6-13(12)18-16/h3-6,10-11H,7-8H2,1-2H3/t10-,11+. The van der Waals surface area contributed by atoms with Gasteiger partial charge in [-0.2, -0.15) is 0 Å². The molecule has 2 atom stereocenters. The topological polar surface area (TPSA) is 25.8 Å². The minimum atomic E-state index is 0.548. The second-order valence-corrected chi connectivity index (χ2v) is 5.62. The summed E-state index contributed by atoms with van der Waals surface area (Å²) >= 11 is 0. The van der Waals surface area contributed by atoms with Gasteiger partial charge in [-0.05, 0) is 38.8 Å². The largest absolute Gasteiger partial charge is 0.249 e. The van der Waals surface area contributed by atoms with E-state index in [0.717, 1.165) is 11.0 Å². The molecule has 1 heterocycles. The third-order valence-corrected chi connectivity index (χ3v) is 4.36. The molecule has 0 aliphatic heterocycles. The molecule has 0 N–H and O–H groups in total. The summed E-state index contributed by atoms with van der Waals surface area (Å²) in [6.07, 6.45) is 2.51. The van der Waals surface area contributed by atoms with Gasteiger partial charge >= 0.3 is 0 Å². The summed E-state index contributed by atoms with van der Waals surface area (Å²) < 4.78 is 0. The zero-order valence-electron chi connectivity index (χ0n) is 10.8. The van der Waals surface area contributed by atoms with Crippen molar-refractivity contribution in [1.82, 2.24) is 9.97 Å². The van der Waals surface area contributed by atoms with E-state index < -0.39 is 0 Å². The van der Waals surface area contributed by atoms with Gasteiger partial charge in [0.25, 0.3) is 0 Å². The minimum absolute atomic E-state index is 0.548. The summed E-state index contributed by atoms with van der Waals surface area (Å²) in [6, 6.07) is 8.21. The number of fused-ring (bicyclic) bond motifs is 6. The monoisotopic (exact) mass is 236 g/mol. The van der Waals surface area contributed by atoms with Crippen molar-refractivity contribution >= 4 is 11.0 Å². The Morgan fingerprint density at radius 3 is 1.89 bits per heavy atom. The van der Waals surface area contributed by atoms with Crippen LogP contribution >= 0.6 is 0 Å². The molecule has 4 rings (SSSR count). The number of allylic oxidation sites excluding steroid dienone is 2. The molecule has 1 aromatic carbocycles. The molecule has 2 bridgehead atoms. The van der Waals surface area contributed by atoms with Gasteiger partial charge in [-0.3, -0.25) is 0 Å². The fraction of sp³-hybridized carbons (Fsp3) is 0.375. The summed E-state index contributed by atoms with van der Waals surface area (Å²) in [5.74, 6) is 1.10. The van der Waals surface area contributed by atoms with Crippen LogP contribution in [-0.2, 0) is 0 Å². The van der Waals surface area contributed by atoms with Crippen molar-refractivity contribution in [3.05, 3.63) is 46.8 Å². The first-order valence-corrected chi connectivity index (χ1v) is 6.69. The van der Waals surface area contributed by atoms with Crippen molar-refractivity contribution in [3.63, 3.8) is 0 Å². The van der Waals surface area contributed by atoms with E-state index in [4.69, 9.17) is 9.97 Å². The second kappa shape index (κ2) is 3.41. The van der Waals surface area contributed by atoms with Gasteiger partial charge in [0.2, 0.25) is 0 Å². The maximum absolute atomic E-state index is 4.87. The van der Waals surface area contributed by atoms with Gasteiger partial charge in [0, 0.05) is 11.8 Å². The summed E-state index contributed by atoms with van der Waals surface area (Å²) in [5.41, 5.74) is 7.64. The molecule has 0 spiro atoms. The third kappa shape index (κ3) is 1.18. The summed E-state index contributed by atoms with van der Waals surface area (Å²) in [5, 5.41) is 0. The molecule has 2 heteroatoms. The van der Waals surface area contributed by atoms with Crippen LogP contribution < -0.4 is 0 Å². The van der Waals surface area contributed by atoms with Crippen LogP contribution in [0.4, 0.5) is 0 Å². The molecule has 0 unspecified atom stereocenters. The van der Waals surface area contributed by atoms with Crippen LogP contribution in [0, 0.1) is 0 Å². The highest BCUT2D eigenvalue weighted by Crippen LogP contribution is 2.56. The molecule has 2 nitrogen and oxygen atoms in total. The van der Waals surface area contributed by atoms with Crippen molar-refractivity contribution in [2.24, 2.45) is 0 Å². The molecule has 2 aromatic rings. The number of rotatable bonds is 0. The van der Waals surface area contributed by atoms with Crippen LogP contribution in [0.15, 0.2) is 35.4 Å². The van der Waals surface area contributed by atoms with E-state index in [2.05, 4.69) is 26.0 Å². The van der Waals surface area contributed by atoms with E-state index >= 15 is 0 Å². The maximum Gasteiger partial charge on any atom is 0.0890 e. The molecule has 1 fully saturated rings. The summed E-state index contributed by atoms with van der Waals surface area (Å²) in [4.78, 5) is 9.75. The Morgan fingerprint density at radius 1 is 0.944 bits per heavy atom. The lowest BCUT2D eigenvalue weighted by atomic mass is 10.00. The van der Waals surface area contributed by atoms with Gasteiger partial charge in [-0.25, -0.2) is 9.97 Å². The molecule has 1 aromatic heterocycles. The first kappa shape index (κ1) is 10.2. The number of para-hydroxylation sites is 2. The van der Waals surface area contributed by atoms with Crippen LogP contribution in [0.1, 0.15) is 49.9 Å². The maximum atomic E-state index is 4.87. The molecule has 0 saturated heterocycles. The minimum Gasteiger partial charge on any atom is -0.249 e. The molecular weight excluding hydrogens is 220 g/mol. The SMILES string of the molecule is CC(C)=C1[C@H]2CC[C@@H]1c1nc3ccccc3nc12. The van der Waals surface area contributed by atoms with E-state index in [9.17, 15) is 0 Å². The molecule has 0 amide bonds. The zero-order valence-corrected chi connectivity index (χ0v) is 10.8. The fourth-order valence-corrected chi connectivity index (χ4v) is 3.69. The van der Waals surface area contributed by atoms with E-state index in [0.29, 0.717) is 11.8 Å². The Kier molecular flexibility index (Phi) is 1.94. The predicted molar refractivity (Wildman–Crippen MR) is 72.6 cm³/mol. The first-order chi connectivity index (χ1) is 8.75. The fourth-order valence-electron chi connectivity index (χ4n) is 3.69. The average molecular weight is 236 g/mol. The highest BCUT2D eigenvalue weighted by molar-refractivity contribution is 5.75. The quantitative estimate of drug-likeness (QED) is 0.647. The van der Waals surface area contributed by atoms with Gasteiger partial charge < -0.3 is 0 Å². The van der Waals surface area contributed by atoms with Gasteiger partial charge in [-0.1, -0.05) is 23.3 Å². The Balaban J connectivity index is 2.02. The Labute approximate surface area is 107 Å². The Bertz CT molecular complexity index is 628. The zero-order chi connectivity index (χ0) is 12.3. The highest BCUT2D eigenvalue weighted by Gasteiger charge is 2.44. The normalized spacial score (nSPS) is 24.7. The van der Waals surface area contributed by atoms with E-state index in [-0.39, 0.29) is 0 Å². The number of hydrogen-bond acceptors (Lipinski definition) is 2. The predicted octanol–water partition coefficient (Wildman–Crippen LogP) is 3.94. The number of nitrogens with zero attached hydrogens (tertiary/aromatic N) is 2.